The van der Waals surface area contributed by atoms with Crippen LogP contribution in [0.5, 0.6) is 0 Å². The highest BCUT2D eigenvalue weighted by molar-refractivity contribution is 5.94. The Morgan fingerprint density at radius 1 is 1.00 bits per heavy atom. The molecule has 1 amide bonds. The normalized spacial score (nSPS) is 14.5. The number of carbonyl (C=O) groups excluding carboxylic acids is 1. The molecule has 31 heavy (non-hydrogen) atoms. The molecule has 1 heterocycles. The van der Waals surface area contributed by atoms with Crippen molar-refractivity contribution < 1.29 is 9.18 Å². The Balaban J connectivity index is 1.55. The quantitative estimate of drug-likeness (QED) is 0.645. The molecule has 0 saturated heterocycles. The van der Waals surface area contributed by atoms with Crippen LogP contribution in [0.4, 0.5) is 10.1 Å². The van der Waals surface area contributed by atoms with E-state index in [4.69, 9.17) is 0 Å². The van der Waals surface area contributed by atoms with Gasteiger partial charge in [-0.05, 0) is 59.5 Å². The van der Waals surface area contributed by atoms with Crippen LogP contribution < -0.4 is 10.2 Å². The van der Waals surface area contributed by atoms with Crippen LogP contribution in [0.2, 0.25) is 0 Å². The van der Waals surface area contributed by atoms with Gasteiger partial charge < -0.3 is 10.2 Å². The summed E-state index contributed by atoms with van der Waals surface area (Å²) in [6.07, 6.45) is 0.994. The van der Waals surface area contributed by atoms with Crippen molar-refractivity contribution in [3.63, 3.8) is 0 Å². The molecule has 4 rings (SSSR count). The second-order valence-corrected chi connectivity index (χ2v) is 8.21. The average Bonchev–Trinajstić information content (AvgIpc) is 2.79. The highest BCUT2D eigenvalue weighted by atomic mass is 19.1. The van der Waals surface area contributed by atoms with Crippen LogP contribution >= 0.6 is 0 Å². The number of halogens is 1. The number of nitrogens with one attached hydrogen (secondary N) is 1. The fraction of sp³-hybridized carbons (Fsp3) is 0.269. The minimum Gasteiger partial charge on any atom is -0.378 e. The molecule has 0 radical (unpaired) electrons. The molecule has 0 aromatic heterocycles. The highest BCUT2D eigenvalue weighted by Gasteiger charge is 2.25. The van der Waals surface area contributed by atoms with Crippen LogP contribution in [0, 0.1) is 5.82 Å². The van der Waals surface area contributed by atoms with Gasteiger partial charge in [-0.25, -0.2) is 4.39 Å². The lowest BCUT2D eigenvalue weighted by Crippen LogP contribution is -2.40. The number of hydrogen-bond donors (Lipinski definition) is 1. The molecule has 0 saturated carbocycles. The zero-order valence-electron chi connectivity index (χ0n) is 18.0. The number of fused-ring (bicyclic) bond motifs is 1. The lowest BCUT2D eigenvalue weighted by atomic mass is 9.96. The van der Waals surface area contributed by atoms with Crippen LogP contribution in [0.3, 0.4) is 0 Å². The van der Waals surface area contributed by atoms with Crippen molar-refractivity contribution in [3.8, 4) is 0 Å². The van der Waals surface area contributed by atoms with Gasteiger partial charge in [0.2, 0.25) is 0 Å². The molecule has 0 fully saturated rings. The van der Waals surface area contributed by atoms with Crippen molar-refractivity contribution in [1.29, 1.82) is 0 Å². The number of anilines is 1. The molecule has 3 aromatic rings. The number of benzene rings is 3. The van der Waals surface area contributed by atoms with Gasteiger partial charge >= 0.3 is 0 Å². The van der Waals surface area contributed by atoms with Crippen molar-refractivity contribution in [2.24, 2.45) is 0 Å². The number of nitrogens with zero attached hydrogens (tertiary/aromatic N) is 2. The van der Waals surface area contributed by atoms with E-state index in [2.05, 4.69) is 63.6 Å². The SMILES string of the molecule is CN(C)c1ccc([C@@H](CNC(=O)c2ccc(F)cc2)N2CCc3ccccc3C2)cc1. The van der Waals surface area contributed by atoms with Gasteiger partial charge in [0.05, 0.1) is 6.04 Å². The fourth-order valence-corrected chi connectivity index (χ4v) is 4.13. The van der Waals surface area contributed by atoms with Gasteiger partial charge in [-0.15, -0.1) is 0 Å². The molecular weight excluding hydrogens is 389 g/mol. The lowest BCUT2D eigenvalue weighted by molar-refractivity contribution is 0.0927. The highest BCUT2D eigenvalue weighted by Crippen LogP contribution is 2.28. The topological polar surface area (TPSA) is 35.6 Å². The van der Waals surface area contributed by atoms with Crippen LogP contribution in [-0.2, 0) is 13.0 Å². The summed E-state index contributed by atoms with van der Waals surface area (Å²) in [5.74, 6) is -0.533. The van der Waals surface area contributed by atoms with E-state index in [0.717, 1.165) is 25.2 Å². The number of amides is 1. The summed E-state index contributed by atoms with van der Waals surface area (Å²) in [4.78, 5) is 17.2. The Bertz CT molecular complexity index is 1030. The lowest BCUT2D eigenvalue weighted by Gasteiger charge is -2.36. The summed E-state index contributed by atoms with van der Waals surface area (Å²) < 4.78 is 13.2. The standard InChI is InChI=1S/C26H28FN3O/c1-29(2)24-13-9-20(10-14-24)25(17-28-26(31)21-7-11-23(27)12-8-21)30-16-15-19-5-3-4-6-22(19)18-30/h3-14,25H,15-18H2,1-2H3,(H,28,31)/t25-/m1/s1. The van der Waals surface area contributed by atoms with Gasteiger partial charge in [-0.2, -0.15) is 0 Å². The molecule has 5 heteroatoms. The second kappa shape index (κ2) is 9.31. The Morgan fingerprint density at radius 2 is 1.68 bits per heavy atom. The van der Waals surface area contributed by atoms with E-state index in [9.17, 15) is 9.18 Å². The molecule has 4 nitrogen and oxygen atoms in total. The van der Waals surface area contributed by atoms with Crippen molar-refractivity contribution in [2.75, 3.05) is 32.1 Å². The first-order valence-electron chi connectivity index (χ1n) is 10.6. The Labute approximate surface area is 183 Å². The van der Waals surface area contributed by atoms with Crippen LogP contribution in [-0.4, -0.2) is 38.0 Å². The Kier molecular flexibility index (Phi) is 6.33. The predicted molar refractivity (Wildman–Crippen MR) is 123 cm³/mol. The van der Waals surface area contributed by atoms with E-state index in [0.29, 0.717) is 12.1 Å². The van der Waals surface area contributed by atoms with E-state index in [1.165, 1.54) is 41.0 Å². The Morgan fingerprint density at radius 3 is 2.35 bits per heavy atom. The second-order valence-electron chi connectivity index (χ2n) is 8.21. The molecule has 1 atom stereocenters. The van der Waals surface area contributed by atoms with Gasteiger partial charge in [-0.1, -0.05) is 36.4 Å². The molecule has 0 aliphatic carbocycles. The third kappa shape index (κ3) is 4.94. The summed E-state index contributed by atoms with van der Waals surface area (Å²) in [6.45, 7) is 2.27. The number of carbonyl (C=O) groups is 1. The Hall–Kier alpha value is -3.18. The van der Waals surface area contributed by atoms with Crippen molar-refractivity contribution in [2.45, 2.75) is 19.0 Å². The summed E-state index contributed by atoms with van der Waals surface area (Å²) in [7, 11) is 4.05. The smallest absolute Gasteiger partial charge is 0.251 e. The number of rotatable bonds is 6. The molecule has 0 bridgehead atoms. The third-order valence-electron chi connectivity index (χ3n) is 5.96. The maximum absolute atomic E-state index is 13.2. The van der Waals surface area contributed by atoms with E-state index >= 15 is 0 Å². The monoisotopic (exact) mass is 417 g/mol. The first-order chi connectivity index (χ1) is 15.0. The zero-order valence-corrected chi connectivity index (χ0v) is 18.0. The van der Waals surface area contributed by atoms with Crippen molar-refractivity contribution in [3.05, 3.63) is 101 Å². The van der Waals surface area contributed by atoms with E-state index in [1.54, 1.807) is 0 Å². The van der Waals surface area contributed by atoms with Crippen molar-refractivity contribution in [1.82, 2.24) is 10.2 Å². The summed E-state index contributed by atoms with van der Waals surface area (Å²) >= 11 is 0. The van der Waals surface area contributed by atoms with Gasteiger partial charge in [0.1, 0.15) is 5.82 Å². The molecule has 1 N–H and O–H groups in total. The minimum atomic E-state index is -0.345. The molecule has 0 unspecified atom stereocenters. The summed E-state index contributed by atoms with van der Waals surface area (Å²) in [5.41, 5.74) is 5.52. The predicted octanol–water partition coefficient (Wildman–Crippen LogP) is 4.42. The van der Waals surface area contributed by atoms with E-state index in [1.807, 2.05) is 14.1 Å². The average molecular weight is 418 g/mol. The molecule has 1 aliphatic rings. The van der Waals surface area contributed by atoms with E-state index < -0.39 is 0 Å². The summed E-state index contributed by atoms with van der Waals surface area (Å²) in [6, 6.07) is 22.8. The summed E-state index contributed by atoms with van der Waals surface area (Å²) in [5, 5.41) is 3.06. The van der Waals surface area contributed by atoms with Gasteiger partial charge in [0.25, 0.3) is 5.91 Å². The van der Waals surface area contributed by atoms with Crippen molar-refractivity contribution >= 4 is 11.6 Å². The molecule has 3 aromatic carbocycles. The van der Waals surface area contributed by atoms with Gasteiger partial charge in [0, 0.05) is 45.0 Å². The van der Waals surface area contributed by atoms with Crippen LogP contribution in [0.1, 0.15) is 33.1 Å². The van der Waals surface area contributed by atoms with Crippen LogP contribution in [0.15, 0.2) is 72.8 Å². The first-order valence-corrected chi connectivity index (χ1v) is 10.6. The molecule has 160 valence electrons. The van der Waals surface area contributed by atoms with E-state index in [-0.39, 0.29) is 17.8 Å². The van der Waals surface area contributed by atoms with Gasteiger partial charge in [-0.3, -0.25) is 9.69 Å². The first kappa shape index (κ1) is 21.1. The zero-order chi connectivity index (χ0) is 21.8. The largest absolute Gasteiger partial charge is 0.378 e. The fourth-order valence-electron chi connectivity index (χ4n) is 4.13. The molecular formula is C26H28FN3O. The molecule has 0 spiro atoms. The van der Waals surface area contributed by atoms with Gasteiger partial charge in [0.15, 0.2) is 0 Å². The number of hydrogen-bond acceptors (Lipinski definition) is 3. The maximum Gasteiger partial charge on any atom is 0.251 e. The minimum absolute atomic E-state index is 0.0500. The molecule has 1 aliphatic heterocycles. The third-order valence-corrected chi connectivity index (χ3v) is 5.96. The maximum atomic E-state index is 13.2. The van der Waals surface area contributed by atoms with Crippen LogP contribution in [0.25, 0.3) is 0 Å².